The molecule has 0 amide bonds. The summed E-state index contributed by atoms with van der Waals surface area (Å²) in [4.78, 5) is 10.5. The molecule has 0 saturated heterocycles. The predicted molar refractivity (Wildman–Crippen MR) is 56.2 cm³/mol. The van der Waals surface area contributed by atoms with Crippen molar-refractivity contribution in [3.63, 3.8) is 0 Å². The second kappa shape index (κ2) is 5.19. The summed E-state index contributed by atoms with van der Waals surface area (Å²) in [7, 11) is 0. The van der Waals surface area contributed by atoms with Crippen LogP contribution in [0, 0.1) is 0 Å². The Hall–Kier alpha value is -1.61. The molecule has 0 unspecified atom stereocenters. The molecule has 0 fully saturated rings. The molecule has 0 radical (unpaired) electrons. The summed E-state index contributed by atoms with van der Waals surface area (Å²) in [5.41, 5.74) is 6.51. The van der Waals surface area contributed by atoms with Crippen LogP contribution in [0.15, 0.2) is 24.3 Å². The SMILES string of the molecule is NCCC=Cc1cc(C=O)ccc1O. The zero-order valence-electron chi connectivity index (χ0n) is 7.81. The quantitative estimate of drug-likeness (QED) is 0.710. The molecule has 0 bridgehead atoms. The van der Waals surface area contributed by atoms with E-state index in [1.165, 1.54) is 6.07 Å². The number of hydrogen-bond donors (Lipinski definition) is 2. The lowest BCUT2D eigenvalue weighted by Crippen LogP contribution is -1.95. The summed E-state index contributed by atoms with van der Waals surface area (Å²) in [6.45, 7) is 0.574. The molecule has 0 heterocycles. The number of aromatic hydroxyl groups is 1. The first-order valence-corrected chi connectivity index (χ1v) is 4.42. The van der Waals surface area contributed by atoms with Gasteiger partial charge in [0.1, 0.15) is 12.0 Å². The monoisotopic (exact) mass is 191 g/mol. The highest BCUT2D eigenvalue weighted by atomic mass is 16.3. The van der Waals surface area contributed by atoms with Crippen LogP contribution >= 0.6 is 0 Å². The van der Waals surface area contributed by atoms with E-state index in [1.54, 1.807) is 18.2 Å². The van der Waals surface area contributed by atoms with Crippen LogP contribution in [0.2, 0.25) is 0 Å². The molecular formula is C11H13NO2. The third-order valence-corrected chi connectivity index (χ3v) is 1.82. The third-order valence-electron chi connectivity index (χ3n) is 1.82. The maximum atomic E-state index is 10.5. The van der Waals surface area contributed by atoms with Gasteiger partial charge in [-0.05, 0) is 31.2 Å². The standard InChI is InChI=1S/C11H13NO2/c12-6-2-1-3-10-7-9(8-13)4-5-11(10)14/h1,3-5,7-8,14H,2,6,12H2. The van der Waals surface area contributed by atoms with Crippen molar-refractivity contribution in [1.82, 2.24) is 0 Å². The molecular weight excluding hydrogens is 178 g/mol. The van der Waals surface area contributed by atoms with Crippen molar-refractivity contribution in [1.29, 1.82) is 0 Å². The van der Waals surface area contributed by atoms with Crippen LogP contribution in [0.1, 0.15) is 22.3 Å². The zero-order valence-corrected chi connectivity index (χ0v) is 7.81. The van der Waals surface area contributed by atoms with E-state index in [-0.39, 0.29) is 5.75 Å². The highest BCUT2D eigenvalue weighted by Crippen LogP contribution is 2.19. The first-order valence-electron chi connectivity index (χ1n) is 4.42. The molecule has 74 valence electrons. The van der Waals surface area contributed by atoms with Crippen molar-refractivity contribution in [2.75, 3.05) is 6.54 Å². The van der Waals surface area contributed by atoms with Crippen LogP contribution < -0.4 is 5.73 Å². The van der Waals surface area contributed by atoms with Crippen LogP contribution in [-0.2, 0) is 0 Å². The highest BCUT2D eigenvalue weighted by Gasteiger charge is 1.98. The molecule has 0 saturated carbocycles. The minimum atomic E-state index is 0.170. The van der Waals surface area contributed by atoms with Crippen LogP contribution in [0.3, 0.4) is 0 Å². The summed E-state index contributed by atoms with van der Waals surface area (Å²) in [6.07, 6.45) is 5.13. The topological polar surface area (TPSA) is 63.3 Å². The average molecular weight is 191 g/mol. The van der Waals surface area contributed by atoms with E-state index in [4.69, 9.17) is 5.73 Å². The molecule has 0 aliphatic heterocycles. The molecule has 0 aliphatic carbocycles. The van der Waals surface area contributed by atoms with Gasteiger partial charge in [-0.25, -0.2) is 0 Å². The highest BCUT2D eigenvalue weighted by molar-refractivity contribution is 5.77. The van der Waals surface area contributed by atoms with E-state index in [1.807, 2.05) is 6.08 Å². The van der Waals surface area contributed by atoms with E-state index in [0.717, 1.165) is 12.7 Å². The molecule has 0 atom stereocenters. The number of carbonyl (C=O) groups excluding carboxylic acids is 1. The van der Waals surface area contributed by atoms with Gasteiger partial charge >= 0.3 is 0 Å². The molecule has 0 aromatic heterocycles. The number of aldehydes is 1. The predicted octanol–water partition coefficient (Wildman–Crippen LogP) is 1.57. The lowest BCUT2D eigenvalue weighted by atomic mass is 10.1. The van der Waals surface area contributed by atoms with Gasteiger partial charge in [-0.1, -0.05) is 12.2 Å². The van der Waals surface area contributed by atoms with Gasteiger partial charge in [0.05, 0.1) is 0 Å². The summed E-state index contributed by atoms with van der Waals surface area (Å²) in [6, 6.07) is 4.71. The molecule has 0 spiro atoms. The van der Waals surface area contributed by atoms with Crippen molar-refractivity contribution in [2.45, 2.75) is 6.42 Å². The molecule has 1 rings (SSSR count). The first kappa shape index (κ1) is 10.5. The van der Waals surface area contributed by atoms with E-state index < -0.39 is 0 Å². The van der Waals surface area contributed by atoms with Gasteiger partial charge in [-0.3, -0.25) is 4.79 Å². The molecule has 0 aliphatic rings. The molecule has 1 aromatic rings. The van der Waals surface area contributed by atoms with Crippen LogP contribution in [0.4, 0.5) is 0 Å². The number of hydrogen-bond acceptors (Lipinski definition) is 3. The van der Waals surface area contributed by atoms with E-state index in [0.29, 0.717) is 17.7 Å². The molecule has 1 aromatic carbocycles. The van der Waals surface area contributed by atoms with Gasteiger partial charge in [0.25, 0.3) is 0 Å². The van der Waals surface area contributed by atoms with Crippen molar-refractivity contribution in [2.24, 2.45) is 5.73 Å². The van der Waals surface area contributed by atoms with E-state index >= 15 is 0 Å². The van der Waals surface area contributed by atoms with Crippen molar-refractivity contribution < 1.29 is 9.90 Å². The molecule has 3 nitrogen and oxygen atoms in total. The average Bonchev–Trinajstić information content (AvgIpc) is 2.21. The second-order valence-corrected chi connectivity index (χ2v) is 2.92. The maximum Gasteiger partial charge on any atom is 0.150 e. The number of phenols is 1. The molecule has 14 heavy (non-hydrogen) atoms. The van der Waals surface area contributed by atoms with Gasteiger partial charge in [0.2, 0.25) is 0 Å². The Bertz CT molecular complexity index is 345. The normalized spacial score (nSPS) is 10.6. The largest absolute Gasteiger partial charge is 0.507 e. The van der Waals surface area contributed by atoms with Crippen molar-refractivity contribution >= 4 is 12.4 Å². The van der Waals surface area contributed by atoms with Gasteiger partial charge in [0.15, 0.2) is 0 Å². The second-order valence-electron chi connectivity index (χ2n) is 2.92. The number of phenolic OH excluding ortho intramolecular Hbond substituents is 1. The lowest BCUT2D eigenvalue weighted by molar-refractivity contribution is 0.112. The first-order chi connectivity index (χ1) is 6.77. The Balaban J connectivity index is 2.89. The molecule has 3 N–H and O–H groups in total. The van der Waals surface area contributed by atoms with E-state index in [9.17, 15) is 9.90 Å². The fourth-order valence-electron chi connectivity index (χ4n) is 1.09. The zero-order chi connectivity index (χ0) is 10.4. The third kappa shape index (κ3) is 2.71. The summed E-state index contributed by atoms with van der Waals surface area (Å²) >= 11 is 0. The fourth-order valence-corrected chi connectivity index (χ4v) is 1.09. The van der Waals surface area contributed by atoms with Crippen molar-refractivity contribution in [3.05, 3.63) is 35.4 Å². The van der Waals surface area contributed by atoms with Crippen LogP contribution in [0.5, 0.6) is 5.75 Å². The number of carbonyl (C=O) groups is 1. The minimum Gasteiger partial charge on any atom is -0.507 e. The van der Waals surface area contributed by atoms with Gasteiger partial charge in [0, 0.05) is 11.1 Å². The Morgan fingerprint density at radius 1 is 1.43 bits per heavy atom. The molecule has 3 heteroatoms. The van der Waals surface area contributed by atoms with Crippen LogP contribution in [0.25, 0.3) is 6.08 Å². The number of rotatable bonds is 4. The number of benzene rings is 1. The smallest absolute Gasteiger partial charge is 0.150 e. The lowest BCUT2D eigenvalue weighted by Gasteiger charge is -1.99. The van der Waals surface area contributed by atoms with Gasteiger partial charge in [-0.15, -0.1) is 0 Å². The fraction of sp³-hybridized carbons (Fsp3) is 0.182. The maximum absolute atomic E-state index is 10.5. The van der Waals surface area contributed by atoms with Gasteiger partial charge in [-0.2, -0.15) is 0 Å². The minimum absolute atomic E-state index is 0.170. The Labute approximate surface area is 82.9 Å². The summed E-state index contributed by atoms with van der Waals surface area (Å²) in [5.74, 6) is 0.170. The number of nitrogens with two attached hydrogens (primary N) is 1. The summed E-state index contributed by atoms with van der Waals surface area (Å²) in [5, 5.41) is 9.43. The Morgan fingerprint density at radius 3 is 2.86 bits per heavy atom. The Morgan fingerprint density at radius 2 is 2.21 bits per heavy atom. The van der Waals surface area contributed by atoms with Gasteiger partial charge < -0.3 is 10.8 Å². The Kier molecular flexibility index (Phi) is 3.88. The summed E-state index contributed by atoms with van der Waals surface area (Å²) < 4.78 is 0. The van der Waals surface area contributed by atoms with Crippen LogP contribution in [-0.4, -0.2) is 17.9 Å². The van der Waals surface area contributed by atoms with Crippen molar-refractivity contribution in [3.8, 4) is 5.75 Å². The van der Waals surface area contributed by atoms with E-state index in [2.05, 4.69) is 0 Å².